The topological polar surface area (TPSA) is 21.3 Å². The van der Waals surface area contributed by atoms with Crippen molar-refractivity contribution in [2.24, 2.45) is 0 Å². The van der Waals surface area contributed by atoms with E-state index in [-0.39, 0.29) is 5.60 Å². The van der Waals surface area contributed by atoms with E-state index in [0.717, 1.165) is 38.8 Å². The van der Waals surface area contributed by atoms with Gasteiger partial charge in [-0.15, -0.1) is 0 Å². The molecule has 0 aliphatic heterocycles. The molecule has 0 saturated heterocycles. The Balaban J connectivity index is 2.92. The van der Waals surface area contributed by atoms with Gasteiger partial charge < -0.3 is 10.1 Å². The van der Waals surface area contributed by atoms with Crippen molar-refractivity contribution in [3.63, 3.8) is 0 Å². The third-order valence-corrected chi connectivity index (χ3v) is 4.59. The molecular formula is C19H33NO. The normalized spacial score (nSPS) is 13.4. The average Bonchev–Trinajstić information content (AvgIpc) is 2.53. The number of hydrogen-bond donors (Lipinski definition) is 1. The van der Waals surface area contributed by atoms with Crippen LogP contribution in [0.15, 0.2) is 24.3 Å². The molecule has 1 aromatic carbocycles. The molecule has 1 unspecified atom stereocenters. The number of hydrogen-bond acceptors (Lipinski definition) is 2. The third kappa shape index (κ3) is 4.82. The Bertz CT molecular complexity index is 381. The van der Waals surface area contributed by atoms with Crippen LogP contribution in [0.3, 0.4) is 0 Å². The van der Waals surface area contributed by atoms with Crippen LogP contribution in [-0.2, 0) is 17.6 Å². The lowest BCUT2D eigenvalue weighted by Gasteiger charge is -2.40. The van der Waals surface area contributed by atoms with Crippen molar-refractivity contribution in [1.29, 1.82) is 0 Å². The molecule has 0 fully saturated rings. The van der Waals surface area contributed by atoms with Crippen molar-refractivity contribution in [3.8, 4) is 0 Å². The van der Waals surface area contributed by atoms with Gasteiger partial charge in [-0.05, 0) is 50.3 Å². The lowest BCUT2D eigenvalue weighted by Crippen LogP contribution is -2.53. The first kappa shape index (κ1) is 18.2. The van der Waals surface area contributed by atoms with Gasteiger partial charge in [-0.3, -0.25) is 0 Å². The molecule has 0 spiro atoms. The molecule has 0 amide bonds. The van der Waals surface area contributed by atoms with Crippen LogP contribution in [-0.4, -0.2) is 24.8 Å². The molecule has 0 saturated carbocycles. The molecular weight excluding hydrogens is 258 g/mol. The van der Waals surface area contributed by atoms with Gasteiger partial charge in [-0.25, -0.2) is 0 Å². The van der Waals surface area contributed by atoms with Crippen molar-refractivity contribution in [2.45, 2.75) is 71.9 Å². The molecule has 1 aromatic rings. The van der Waals surface area contributed by atoms with Gasteiger partial charge in [0.1, 0.15) is 0 Å². The van der Waals surface area contributed by atoms with Crippen molar-refractivity contribution in [1.82, 2.24) is 5.32 Å². The summed E-state index contributed by atoms with van der Waals surface area (Å²) in [6.07, 6.45) is 4.22. The maximum absolute atomic E-state index is 6.20. The predicted molar refractivity (Wildman–Crippen MR) is 91.9 cm³/mol. The summed E-state index contributed by atoms with van der Waals surface area (Å²) in [6, 6.07) is 9.40. The van der Waals surface area contributed by atoms with Crippen LogP contribution < -0.4 is 5.32 Å². The van der Waals surface area contributed by atoms with Crippen molar-refractivity contribution in [2.75, 3.05) is 13.2 Å². The van der Waals surface area contributed by atoms with E-state index in [9.17, 15) is 0 Å². The summed E-state index contributed by atoms with van der Waals surface area (Å²) in [5.74, 6) is 0. The molecule has 0 heterocycles. The maximum atomic E-state index is 6.20. The highest BCUT2D eigenvalue weighted by atomic mass is 16.5. The quantitative estimate of drug-likeness (QED) is 0.691. The fraction of sp³-hybridized carbons (Fsp3) is 0.684. The van der Waals surface area contributed by atoms with Crippen LogP contribution in [0.4, 0.5) is 0 Å². The Labute approximate surface area is 131 Å². The summed E-state index contributed by atoms with van der Waals surface area (Å²) in [6.45, 7) is 12.7. The minimum Gasteiger partial charge on any atom is -0.374 e. The van der Waals surface area contributed by atoms with Crippen molar-refractivity contribution >= 4 is 0 Å². The molecule has 0 radical (unpaired) electrons. The number of aryl methyl sites for hydroxylation is 1. The van der Waals surface area contributed by atoms with Crippen LogP contribution in [0.1, 0.15) is 58.6 Å². The van der Waals surface area contributed by atoms with Gasteiger partial charge in [0.05, 0.1) is 5.60 Å². The van der Waals surface area contributed by atoms with Crippen LogP contribution in [0.25, 0.3) is 0 Å². The zero-order valence-corrected chi connectivity index (χ0v) is 14.5. The highest BCUT2D eigenvalue weighted by molar-refractivity contribution is 5.23. The molecule has 1 rings (SSSR count). The lowest BCUT2D eigenvalue weighted by molar-refractivity contribution is -0.0715. The monoisotopic (exact) mass is 291 g/mol. The van der Waals surface area contributed by atoms with Gasteiger partial charge in [0.25, 0.3) is 0 Å². The maximum Gasteiger partial charge on any atom is 0.0832 e. The Kier molecular flexibility index (Phi) is 7.98. The molecule has 1 atom stereocenters. The molecule has 2 nitrogen and oxygen atoms in total. The van der Waals surface area contributed by atoms with Gasteiger partial charge in [0, 0.05) is 12.6 Å². The van der Waals surface area contributed by atoms with E-state index in [2.05, 4.69) is 64.2 Å². The first-order chi connectivity index (χ1) is 10.2. The van der Waals surface area contributed by atoms with Crippen molar-refractivity contribution < 1.29 is 4.74 Å². The highest BCUT2D eigenvalue weighted by Crippen LogP contribution is 2.27. The second-order valence-electron chi connectivity index (χ2n) is 5.69. The standard InChI is InChI=1S/C19H33NO/c1-6-16-11-13-17(14-12-16)15-18(20-9-4)19(7-2,8-3)21-10-5/h11-14,18,20H,6-10,15H2,1-5H3. The van der Waals surface area contributed by atoms with Crippen LogP contribution >= 0.6 is 0 Å². The second kappa shape index (κ2) is 9.22. The fourth-order valence-corrected chi connectivity index (χ4v) is 3.17. The van der Waals surface area contributed by atoms with E-state index >= 15 is 0 Å². The van der Waals surface area contributed by atoms with Crippen LogP contribution in [0.5, 0.6) is 0 Å². The van der Waals surface area contributed by atoms with Gasteiger partial charge in [0.15, 0.2) is 0 Å². The van der Waals surface area contributed by atoms with Gasteiger partial charge in [0.2, 0.25) is 0 Å². The third-order valence-electron chi connectivity index (χ3n) is 4.59. The number of benzene rings is 1. The van der Waals surface area contributed by atoms with Gasteiger partial charge in [-0.2, -0.15) is 0 Å². The summed E-state index contributed by atoms with van der Waals surface area (Å²) in [7, 11) is 0. The Hall–Kier alpha value is -0.860. The molecule has 0 aliphatic carbocycles. The number of nitrogens with one attached hydrogen (secondary N) is 1. The largest absolute Gasteiger partial charge is 0.374 e. The smallest absolute Gasteiger partial charge is 0.0832 e. The number of likely N-dealkylation sites (N-methyl/N-ethyl adjacent to an activating group) is 1. The minimum absolute atomic E-state index is 0.0613. The van der Waals surface area contributed by atoms with Gasteiger partial charge >= 0.3 is 0 Å². The summed E-state index contributed by atoms with van der Waals surface area (Å²) >= 11 is 0. The van der Waals surface area contributed by atoms with Crippen LogP contribution in [0, 0.1) is 0 Å². The molecule has 0 aromatic heterocycles. The summed E-state index contributed by atoms with van der Waals surface area (Å²) in [5, 5.41) is 3.66. The molecule has 0 bridgehead atoms. The molecule has 2 heteroatoms. The first-order valence-corrected chi connectivity index (χ1v) is 8.60. The zero-order valence-electron chi connectivity index (χ0n) is 14.5. The molecule has 1 N–H and O–H groups in total. The van der Waals surface area contributed by atoms with E-state index in [1.54, 1.807) is 0 Å². The number of rotatable bonds is 10. The minimum atomic E-state index is -0.0613. The van der Waals surface area contributed by atoms with Crippen LogP contribution in [0.2, 0.25) is 0 Å². The summed E-state index contributed by atoms with van der Waals surface area (Å²) < 4.78 is 6.20. The Morgan fingerprint density at radius 1 is 0.952 bits per heavy atom. The Morgan fingerprint density at radius 2 is 1.52 bits per heavy atom. The molecule has 0 aliphatic rings. The average molecular weight is 291 g/mol. The molecule has 21 heavy (non-hydrogen) atoms. The highest BCUT2D eigenvalue weighted by Gasteiger charge is 2.35. The summed E-state index contributed by atoms with van der Waals surface area (Å²) in [5.41, 5.74) is 2.73. The molecule has 120 valence electrons. The first-order valence-electron chi connectivity index (χ1n) is 8.60. The SMILES string of the molecule is CCNC(Cc1ccc(CC)cc1)C(CC)(CC)OCC. The van der Waals surface area contributed by atoms with E-state index in [1.165, 1.54) is 11.1 Å². The fourth-order valence-electron chi connectivity index (χ4n) is 3.17. The Morgan fingerprint density at radius 3 is 1.95 bits per heavy atom. The van der Waals surface area contributed by atoms with E-state index in [4.69, 9.17) is 4.74 Å². The predicted octanol–water partition coefficient (Wildman–Crippen LogP) is 4.36. The number of ether oxygens (including phenoxy) is 1. The van der Waals surface area contributed by atoms with Gasteiger partial charge in [-0.1, -0.05) is 52.0 Å². The second-order valence-corrected chi connectivity index (χ2v) is 5.69. The zero-order chi connectivity index (χ0) is 15.7. The van der Waals surface area contributed by atoms with Crippen molar-refractivity contribution in [3.05, 3.63) is 35.4 Å². The summed E-state index contributed by atoms with van der Waals surface area (Å²) in [4.78, 5) is 0. The van der Waals surface area contributed by atoms with E-state index in [1.807, 2.05) is 0 Å². The van der Waals surface area contributed by atoms with E-state index < -0.39 is 0 Å². The lowest BCUT2D eigenvalue weighted by atomic mass is 9.84. The van der Waals surface area contributed by atoms with E-state index in [0.29, 0.717) is 6.04 Å².